The molecule has 1 nitrogen and oxygen atoms in total. The average molecular weight is 199 g/mol. The fraction of sp³-hybridized carbons (Fsp3) is 0.357. The topological polar surface area (TPSA) is 12.9 Å². The highest BCUT2D eigenvalue weighted by atomic mass is 14.7. The summed E-state index contributed by atoms with van der Waals surface area (Å²) in [5.74, 6) is 0. The maximum absolute atomic E-state index is 4.54. The molecule has 1 aromatic heterocycles. The van der Waals surface area contributed by atoms with E-state index in [2.05, 4.69) is 45.7 Å². The fourth-order valence-corrected chi connectivity index (χ4v) is 2.15. The Labute approximate surface area is 91.2 Å². The van der Waals surface area contributed by atoms with Gasteiger partial charge >= 0.3 is 0 Å². The quantitative estimate of drug-likeness (QED) is 0.629. The van der Waals surface area contributed by atoms with E-state index in [1.165, 1.54) is 33.2 Å². The molecule has 0 saturated carbocycles. The molecule has 0 N–H and O–H groups in total. The number of rotatable bonds is 0. The van der Waals surface area contributed by atoms with Crippen molar-refractivity contribution in [3.05, 3.63) is 40.1 Å². The molecule has 1 heterocycles. The zero-order chi connectivity index (χ0) is 11.2. The number of hydrogen-bond donors (Lipinski definition) is 0. The minimum absolute atomic E-state index is 1.15. The third-order valence-electron chi connectivity index (χ3n) is 3.36. The monoisotopic (exact) mass is 199 g/mol. The molecular weight excluding hydrogens is 182 g/mol. The van der Waals surface area contributed by atoms with Crippen LogP contribution in [0.15, 0.2) is 12.3 Å². The van der Waals surface area contributed by atoms with Crippen molar-refractivity contribution in [3.8, 4) is 0 Å². The third kappa shape index (κ3) is 1.43. The molecule has 2 rings (SSSR count). The largest absolute Gasteiger partial charge is 0.256 e. The van der Waals surface area contributed by atoms with Gasteiger partial charge in [0.2, 0.25) is 0 Å². The molecule has 0 fully saturated rings. The zero-order valence-corrected chi connectivity index (χ0v) is 10.1. The van der Waals surface area contributed by atoms with Crippen LogP contribution in [0.2, 0.25) is 0 Å². The second-order valence-electron chi connectivity index (χ2n) is 4.43. The maximum atomic E-state index is 4.54. The van der Waals surface area contributed by atoms with Crippen LogP contribution in [-0.4, -0.2) is 4.98 Å². The number of hydrogen-bond acceptors (Lipinski definition) is 1. The summed E-state index contributed by atoms with van der Waals surface area (Å²) in [7, 11) is 0. The van der Waals surface area contributed by atoms with Crippen molar-refractivity contribution in [1.29, 1.82) is 0 Å². The molecule has 0 radical (unpaired) electrons. The van der Waals surface area contributed by atoms with Crippen LogP contribution >= 0.6 is 0 Å². The highest BCUT2D eigenvalue weighted by Crippen LogP contribution is 2.27. The first-order valence-electron chi connectivity index (χ1n) is 5.35. The van der Waals surface area contributed by atoms with Gasteiger partial charge in [-0.15, -0.1) is 0 Å². The molecule has 0 aliphatic heterocycles. The molecule has 15 heavy (non-hydrogen) atoms. The summed E-state index contributed by atoms with van der Waals surface area (Å²) in [4.78, 5) is 4.54. The second-order valence-corrected chi connectivity index (χ2v) is 4.43. The molecule has 0 aliphatic carbocycles. The number of pyridine rings is 1. The molecule has 0 amide bonds. The first kappa shape index (κ1) is 10.2. The van der Waals surface area contributed by atoms with E-state index in [4.69, 9.17) is 0 Å². The highest BCUT2D eigenvalue weighted by molar-refractivity contribution is 5.89. The van der Waals surface area contributed by atoms with Crippen LogP contribution in [-0.2, 0) is 0 Å². The van der Waals surface area contributed by atoms with Crippen LogP contribution in [0.3, 0.4) is 0 Å². The Morgan fingerprint density at radius 2 is 1.40 bits per heavy atom. The summed E-state index contributed by atoms with van der Waals surface area (Å²) in [6.45, 7) is 10.8. The summed E-state index contributed by atoms with van der Waals surface area (Å²) >= 11 is 0. The van der Waals surface area contributed by atoms with Crippen LogP contribution in [0.25, 0.3) is 10.9 Å². The van der Waals surface area contributed by atoms with Crippen molar-refractivity contribution in [2.24, 2.45) is 0 Å². The van der Waals surface area contributed by atoms with Crippen LogP contribution in [0.1, 0.15) is 27.8 Å². The Morgan fingerprint density at radius 3 is 2.07 bits per heavy atom. The van der Waals surface area contributed by atoms with Gasteiger partial charge in [-0.05, 0) is 62.4 Å². The number of nitrogens with zero attached hydrogens (tertiary/aromatic N) is 1. The molecule has 1 aromatic carbocycles. The van der Waals surface area contributed by atoms with Crippen LogP contribution in [0, 0.1) is 34.6 Å². The van der Waals surface area contributed by atoms with E-state index in [1.54, 1.807) is 0 Å². The fourth-order valence-electron chi connectivity index (χ4n) is 2.15. The standard InChI is InChI=1S/C14H17N/c1-8-6-9(2)14-13(11(8)4)12(5)10(3)7-15-14/h6-7H,1-5H3. The van der Waals surface area contributed by atoms with E-state index in [0.717, 1.165) is 5.52 Å². The molecule has 0 bridgehead atoms. The van der Waals surface area contributed by atoms with Gasteiger partial charge in [-0.25, -0.2) is 0 Å². The Hall–Kier alpha value is -1.37. The van der Waals surface area contributed by atoms with E-state index in [9.17, 15) is 0 Å². The summed E-state index contributed by atoms with van der Waals surface area (Å²) in [5.41, 5.74) is 7.79. The van der Waals surface area contributed by atoms with E-state index < -0.39 is 0 Å². The van der Waals surface area contributed by atoms with Gasteiger partial charge in [-0.1, -0.05) is 6.07 Å². The molecule has 0 spiro atoms. The van der Waals surface area contributed by atoms with E-state index >= 15 is 0 Å². The number of aromatic nitrogens is 1. The van der Waals surface area contributed by atoms with Crippen molar-refractivity contribution in [2.45, 2.75) is 34.6 Å². The van der Waals surface area contributed by atoms with Crippen LogP contribution in [0.4, 0.5) is 0 Å². The number of fused-ring (bicyclic) bond motifs is 1. The molecule has 0 atom stereocenters. The normalized spacial score (nSPS) is 11.0. The minimum atomic E-state index is 1.15. The molecule has 2 aromatic rings. The smallest absolute Gasteiger partial charge is 0.0736 e. The van der Waals surface area contributed by atoms with E-state index in [1.807, 2.05) is 6.20 Å². The molecule has 0 unspecified atom stereocenters. The Kier molecular flexibility index (Phi) is 2.26. The lowest BCUT2D eigenvalue weighted by atomic mass is 9.95. The van der Waals surface area contributed by atoms with E-state index in [0.29, 0.717) is 0 Å². The summed E-state index contributed by atoms with van der Waals surface area (Å²) in [6, 6.07) is 2.22. The van der Waals surface area contributed by atoms with Crippen LogP contribution in [0.5, 0.6) is 0 Å². The van der Waals surface area contributed by atoms with Gasteiger partial charge in [0.05, 0.1) is 5.52 Å². The lowest BCUT2D eigenvalue weighted by molar-refractivity contribution is 1.23. The minimum Gasteiger partial charge on any atom is -0.256 e. The molecule has 0 aliphatic rings. The molecular formula is C14H17N. The van der Waals surface area contributed by atoms with Gasteiger partial charge < -0.3 is 0 Å². The number of aryl methyl sites for hydroxylation is 5. The molecule has 1 heteroatoms. The van der Waals surface area contributed by atoms with E-state index in [-0.39, 0.29) is 0 Å². The Morgan fingerprint density at radius 1 is 0.800 bits per heavy atom. The second kappa shape index (κ2) is 3.34. The van der Waals surface area contributed by atoms with Gasteiger partial charge in [0.15, 0.2) is 0 Å². The van der Waals surface area contributed by atoms with Gasteiger partial charge in [-0.2, -0.15) is 0 Å². The first-order chi connectivity index (χ1) is 7.02. The molecule has 78 valence electrons. The van der Waals surface area contributed by atoms with Crippen molar-refractivity contribution in [3.63, 3.8) is 0 Å². The summed E-state index contributed by atoms with van der Waals surface area (Å²) < 4.78 is 0. The predicted molar refractivity (Wildman–Crippen MR) is 65.4 cm³/mol. The molecule has 0 saturated heterocycles. The zero-order valence-electron chi connectivity index (χ0n) is 10.1. The predicted octanol–water partition coefficient (Wildman–Crippen LogP) is 3.78. The van der Waals surface area contributed by atoms with Gasteiger partial charge in [-0.3, -0.25) is 4.98 Å². The van der Waals surface area contributed by atoms with Crippen molar-refractivity contribution < 1.29 is 0 Å². The average Bonchev–Trinajstić information content (AvgIpc) is 2.19. The van der Waals surface area contributed by atoms with Gasteiger partial charge in [0, 0.05) is 11.6 Å². The summed E-state index contributed by atoms with van der Waals surface area (Å²) in [5, 5.41) is 1.34. The van der Waals surface area contributed by atoms with Gasteiger partial charge in [0.1, 0.15) is 0 Å². The van der Waals surface area contributed by atoms with Crippen molar-refractivity contribution in [2.75, 3.05) is 0 Å². The SMILES string of the molecule is Cc1cnc2c(C)cc(C)c(C)c2c1C. The van der Waals surface area contributed by atoms with Crippen molar-refractivity contribution in [1.82, 2.24) is 4.98 Å². The summed E-state index contributed by atoms with van der Waals surface area (Å²) in [6.07, 6.45) is 1.97. The van der Waals surface area contributed by atoms with Gasteiger partial charge in [0.25, 0.3) is 0 Å². The van der Waals surface area contributed by atoms with Crippen molar-refractivity contribution >= 4 is 10.9 Å². The number of benzene rings is 1. The van der Waals surface area contributed by atoms with Crippen LogP contribution < -0.4 is 0 Å². The maximum Gasteiger partial charge on any atom is 0.0736 e. The first-order valence-corrected chi connectivity index (χ1v) is 5.35. The Bertz CT molecular complexity index is 531. The third-order valence-corrected chi connectivity index (χ3v) is 3.36. The Balaban J connectivity index is 3.04. The lowest BCUT2D eigenvalue weighted by Gasteiger charge is -2.12. The highest BCUT2D eigenvalue weighted by Gasteiger charge is 2.08. The lowest BCUT2D eigenvalue weighted by Crippen LogP contribution is -1.95.